The zero-order chi connectivity index (χ0) is 19.9. The first-order valence-electron chi connectivity index (χ1n) is 9.22. The molecule has 1 saturated heterocycles. The Hall–Kier alpha value is -2.65. The van der Waals surface area contributed by atoms with Crippen LogP contribution in [0.3, 0.4) is 0 Å². The van der Waals surface area contributed by atoms with Crippen LogP contribution in [0.4, 0.5) is 0 Å². The Labute approximate surface area is 163 Å². The number of furan rings is 1. The lowest BCUT2D eigenvalue weighted by atomic mass is 10.3. The van der Waals surface area contributed by atoms with Gasteiger partial charge in [-0.3, -0.25) is 4.79 Å². The lowest BCUT2D eigenvalue weighted by Gasteiger charge is -2.14. The minimum Gasteiger partial charge on any atom is -0.455 e. The average Bonchev–Trinajstić information content (AvgIpc) is 3.40. The van der Waals surface area contributed by atoms with E-state index in [2.05, 4.69) is 15.3 Å². The Morgan fingerprint density at radius 1 is 1.29 bits per heavy atom. The van der Waals surface area contributed by atoms with Gasteiger partial charge >= 0.3 is 0 Å². The van der Waals surface area contributed by atoms with Gasteiger partial charge in [-0.15, -0.1) is 0 Å². The van der Waals surface area contributed by atoms with E-state index < -0.39 is 22.0 Å². The molecule has 1 aliphatic heterocycles. The van der Waals surface area contributed by atoms with E-state index in [0.29, 0.717) is 18.9 Å². The molecule has 1 atom stereocenters. The van der Waals surface area contributed by atoms with Crippen molar-refractivity contribution in [3.05, 3.63) is 47.7 Å². The Kier molecular flexibility index (Phi) is 4.72. The number of sulfonamides is 1. The monoisotopic (exact) mass is 402 g/mol. The fourth-order valence-electron chi connectivity index (χ4n) is 3.41. The summed E-state index contributed by atoms with van der Waals surface area (Å²) < 4.78 is 32.4. The van der Waals surface area contributed by atoms with E-state index in [1.807, 2.05) is 24.3 Å². The lowest BCUT2D eigenvalue weighted by Crippen LogP contribution is -2.28. The molecule has 0 saturated carbocycles. The van der Waals surface area contributed by atoms with Gasteiger partial charge in [0.1, 0.15) is 16.5 Å². The number of para-hydroxylation sites is 2. The quantitative estimate of drug-likeness (QED) is 0.682. The van der Waals surface area contributed by atoms with E-state index in [1.54, 1.807) is 13.8 Å². The number of aryl methyl sites for hydroxylation is 1. The standard InChI is InChI=1S/C19H22N4O4S/c1-12(18-21-14-7-3-4-8-15(14)22-18)20-19(24)16-11-17(13(2)27-16)28(25,26)23-9-5-6-10-23/h3-4,7-8,11-12H,5-6,9-10H2,1-2H3,(H,20,24)(H,21,22)/t12-/m0/s1. The Balaban J connectivity index is 1.53. The smallest absolute Gasteiger partial charge is 0.287 e. The van der Waals surface area contributed by atoms with Crippen molar-refractivity contribution in [2.24, 2.45) is 0 Å². The first kappa shape index (κ1) is 18.7. The fourth-order valence-corrected chi connectivity index (χ4v) is 5.09. The molecular weight excluding hydrogens is 380 g/mol. The summed E-state index contributed by atoms with van der Waals surface area (Å²) in [6.45, 7) is 4.35. The van der Waals surface area contributed by atoms with Crippen LogP contribution in [0.15, 0.2) is 39.6 Å². The van der Waals surface area contributed by atoms with Crippen LogP contribution in [-0.4, -0.2) is 41.7 Å². The molecule has 0 unspecified atom stereocenters. The largest absolute Gasteiger partial charge is 0.455 e. The maximum Gasteiger partial charge on any atom is 0.287 e. The number of imidazole rings is 1. The summed E-state index contributed by atoms with van der Waals surface area (Å²) in [6, 6.07) is 8.50. The third kappa shape index (κ3) is 3.31. The summed E-state index contributed by atoms with van der Waals surface area (Å²) in [6.07, 6.45) is 1.69. The Morgan fingerprint density at radius 3 is 2.71 bits per heavy atom. The SMILES string of the molecule is Cc1oc(C(=O)N[C@@H](C)c2nc3ccccc3[nH]2)cc1S(=O)(=O)N1CCCC1. The molecule has 9 heteroatoms. The van der Waals surface area contributed by atoms with E-state index in [1.165, 1.54) is 10.4 Å². The summed E-state index contributed by atoms with van der Waals surface area (Å²) in [5.74, 6) is 0.313. The van der Waals surface area contributed by atoms with Gasteiger partial charge in [0.15, 0.2) is 5.76 Å². The predicted molar refractivity (Wildman–Crippen MR) is 103 cm³/mol. The van der Waals surface area contributed by atoms with Crippen LogP contribution in [0, 0.1) is 6.92 Å². The number of amides is 1. The molecule has 1 amide bonds. The number of hydrogen-bond donors (Lipinski definition) is 2. The van der Waals surface area contributed by atoms with Crippen LogP contribution < -0.4 is 5.32 Å². The maximum absolute atomic E-state index is 12.8. The van der Waals surface area contributed by atoms with Gasteiger partial charge in [0, 0.05) is 19.2 Å². The first-order valence-corrected chi connectivity index (χ1v) is 10.7. The van der Waals surface area contributed by atoms with E-state index in [4.69, 9.17) is 4.42 Å². The summed E-state index contributed by atoms with van der Waals surface area (Å²) >= 11 is 0. The van der Waals surface area contributed by atoms with Crippen LogP contribution in [0.1, 0.15) is 47.9 Å². The molecule has 148 valence electrons. The number of nitrogens with one attached hydrogen (secondary N) is 2. The van der Waals surface area contributed by atoms with Gasteiger partial charge in [0.05, 0.1) is 17.1 Å². The molecule has 3 aromatic rings. The predicted octanol–water partition coefficient (Wildman–Crippen LogP) is 2.74. The third-order valence-electron chi connectivity index (χ3n) is 4.94. The summed E-state index contributed by atoms with van der Waals surface area (Å²) in [7, 11) is -3.64. The third-order valence-corrected chi connectivity index (χ3v) is 6.95. The van der Waals surface area contributed by atoms with E-state index in [0.717, 1.165) is 23.9 Å². The van der Waals surface area contributed by atoms with E-state index >= 15 is 0 Å². The van der Waals surface area contributed by atoms with Crippen LogP contribution in [0.5, 0.6) is 0 Å². The van der Waals surface area contributed by atoms with Crippen LogP contribution in [-0.2, 0) is 10.0 Å². The van der Waals surface area contributed by atoms with Crippen LogP contribution >= 0.6 is 0 Å². The van der Waals surface area contributed by atoms with Gasteiger partial charge in [-0.1, -0.05) is 12.1 Å². The number of fused-ring (bicyclic) bond motifs is 1. The number of rotatable bonds is 5. The highest BCUT2D eigenvalue weighted by Gasteiger charge is 2.32. The van der Waals surface area contributed by atoms with Gasteiger partial charge in [-0.2, -0.15) is 4.31 Å². The van der Waals surface area contributed by atoms with Gasteiger partial charge in [-0.25, -0.2) is 13.4 Å². The number of benzene rings is 1. The second kappa shape index (κ2) is 7.06. The molecule has 2 aromatic heterocycles. The highest BCUT2D eigenvalue weighted by Crippen LogP contribution is 2.26. The van der Waals surface area contributed by atoms with Gasteiger partial charge in [-0.05, 0) is 38.8 Å². The minimum atomic E-state index is -3.64. The van der Waals surface area contributed by atoms with Crippen molar-refractivity contribution in [2.45, 2.75) is 37.6 Å². The molecule has 4 rings (SSSR count). The van der Waals surface area contributed by atoms with Crippen molar-refractivity contribution >= 4 is 27.0 Å². The van der Waals surface area contributed by atoms with E-state index in [-0.39, 0.29) is 16.4 Å². The van der Waals surface area contributed by atoms with Crippen LogP contribution in [0.2, 0.25) is 0 Å². The summed E-state index contributed by atoms with van der Waals surface area (Å²) in [5.41, 5.74) is 1.69. The number of carbonyl (C=O) groups excluding carboxylic acids is 1. The number of carbonyl (C=O) groups is 1. The summed E-state index contributed by atoms with van der Waals surface area (Å²) in [5, 5.41) is 2.80. The van der Waals surface area contributed by atoms with Crippen molar-refractivity contribution < 1.29 is 17.6 Å². The highest BCUT2D eigenvalue weighted by molar-refractivity contribution is 7.89. The molecule has 2 N–H and O–H groups in total. The average molecular weight is 402 g/mol. The van der Waals surface area contributed by atoms with Crippen molar-refractivity contribution in [3.8, 4) is 0 Å². The molecule has 3 heterocycles. The summed E-state index contributed by atoms with van der Waals surface area (Å²) in [4.78, 5) is 20.3. The Morgan fingerprint density at radius 2 is 2.00 bits per heavy atom. The van der Waals surface area contributed by atoms with Crippen molar-refractivity contribution in [1.82, 2.24) is 19.6 Å². The normalized spacial score (nSPS) is 16.5. The molecular formula is C19H22N4O4S. The van der Waals surface area contributed by atoms with Gasteiger partial charge in [0.2, 0.25) is 10.0 Å². The topological polar surface area (TPSA) is 108 Å². The van der Waals surface area contributed by atoms with Crippen molar-refractivity contribution in [1.29, 1.82) is 0 Å². The number of H-pyrrole nitrogens is 1. The molecule has 8 nitrogen and oxygen atoms in total. The number of aromatic nitrogens is 2. The molecule has 0 bridgehead atoms. The molecule has 0 radical (unpaired) electrons. The number of hydrogen-bond acceptors (Lipinski definition) is 5. The fraction of sp³-hybridized carbons (Fsp3) is 0.368. The van der Waals surface area contributed by atoms with Gasteiger partial charge in [0.25, 0.3) is 5.91 Å². The molecule has 28 heavy (non-hydrogen) atoms. The van der Waals surface area contributed by atoms with Crippen molar-refractivity contribution in [2.75, 3.05) is 13.1 Å². The van der Waals surface area contributed by atoms with E-state index in [9.17, 15) is 13.2 Å². The number of aromatic amines is 1. The second-order valence-electron chi connectivity index (χ2n) is 6.98. The molecule has 0 spiro atoms. The van der Waals surface area contributed by atoms with Crippen molar-refractivity contribution in [3.63, 3.8) is 0 Å². The van der Waals surface area contributed by atoms with Gasteiger partial charge < -0.3 is 14.7 Å². The lowest BCUT2D eigenvalue weighted by molar-refractivity contribution is 0.0909. The molecule has 1 aliphatic rings. The first-order chi connectivity index (χ1) is 13.4. The maximum atomic E-state index is 12.8. The zero-order valence-corrected chi connectivity index (χ0v) is 16.5. The zero-order valence-electron chi connectivity index (χ0n) is 15.7. The molecule has 0 aliphatic carbocycles. The Bertz CT molecular complexity index is 1090. The molecule has 1 fully saturated rings. The van der Waals surface area contributed by atoms with Crippen LogP contribution in [0.25, 0.3) is 11.0 Å². The highest BCUT2D eigenvalue weighted by atomic mass is 32.2. The molecule has 1 aromatic carbocycles. The number of nitrogens with zero attached hydrogens (tertiary/aromatic N) is 2. The second-order valence-corrected chi connectivity index (χ2v) is 8.88. The minimum absolute atomic E-state index is 0.0294.